The van der Waals surface area contributed by atoms with Gasteiger partial charge < -0.3 is 15.8 Å². The first kappa shape index (κ1) is 12.1. The molecule has 2 rings (SSSR count). The van der Waals surface area contributed by atoms with Crippen LogP contribution < -0.4 is 5.73 Å². The summed E-state index contributed by atoms with van der Waals surface area (Å²) < 4.78 is 0.987. The first-order valence-corrected chi connectivity index (χ1v) is 6.09. The van der Waals surface area contributed by atoms with E-state index in [0.717, 1.165) is 20.9 Å². The summed E-state index contributed by atoms with van der Waals surface area (Å²) in [7, 11) is 0. The highest BCUT2D eigenvalue weighted by Gasteiger charge is 2.17. The average Bonchev–Trinajstić information content (AvgIpc) is 2.68. The molecule has 5 heteroatoms. The predicted octanol–water partition coefficient (Wildman–Crippen LogP) is 2.45. The lowest BCUT2D eigenvalue weighted by atomic mass is 9.95. The number of nitrogens with two attached hydrogens (primary N) is 1. The van der Waals surface area contributed by atoms with Crippen LogP contribution in [0.4, 0.5) is 0 Å². The lowest BCUT2D eigenvalue weighted by Gasteiger charge is -2.11. The summed E-state index contributed by atoms with van der Waals surface area (Å²) in [6, 6.07) is 5.87. The molecule has 4 N–H and O–H groups in total. The minimum atomic E-state index is -0.827. The van der Waals surface area contributed by atoms with Gasteiger partial charge in [0, 0.05) is 27.5 Å². The van der Waals surface area contributed by atoms with Crippen molar-refractivity contribution in [1.82, 2.24) is 4.98 Å². The number of fused-ring (bicyclic) bond motifs is 1. The summed E-state index contributed by atoms with van der Waals surface area (Å²) >= 11 is 3.40. The number of hydrogen-bond acceptors (Lipinski definition) is 2. The van der Waals surface area contributed by atoms with Crippen LogP contribution in [0, 0.1) is 0 Å². The average molecular weight is 297 g/mol. The number of H-pyrrole nitrogens is 1. The van der Waals surface area contributed by atoms with E-state index in [1.165, 1.54) is 0 Å². The predicted molar refractivity (Wildman–Crippen MR) is 70.0 cm³/mol. The third kappa shape index (κ3) is 2.50. The molecule has 0 spiro atoms. The van der Waals surface area contributed by atoms with Crippen LogP contribution in [0.3, 0.4) is 0 Å². The molecule has 17 heavy (non-hydrogen) atoms. The molecule has 0 saturated carbocycles. The number of halogens is 1. The zero-order valence-electron chi connectivity index (χ0n) is 9.11. The molecule has 1 atom stereocenters. The van der Waals surface area contributed by atoms with Crippen LogP contribution >= 0.6 is 15.9 Å². The van der Waals surface area contributed by atoms with Crippen molar-refractivity contribution in [1.29, 1.82) is 0 Å². The highest BCUT2D eigenvalue weighted by Crippen LogP contribution is 2.29. The summed E-state index contributed by atoms with van der Waals surface area (Å²) in [5.74, 6) is -0.977. The Morgan fingerprint density at radius 3 is 2.94 bits per heavy atom. The number of nitrogens with one attached hydrogen (secondary N) is 1. The van der Waals surface area contributed by atoms with E-state index >= 15 is 0 Å². The number of benzene rings is 1. The molecule has 90 valence electrons. The van der Waals surface area contributed by atoms with Gasteiger partial charge in [0.25, 0.3) is 0 Å². The fraction of sp³-hybridized carbons (Fsp3) is 0.250. The second kappa shape index (κ2) is 4.89. The second-order valence-corrected chi connectivity index (χ2v) is 4.88. The Labute approximate surface area is 107 Å². The fourth-order valence-corrected chi connectivity index (χ4v) is 2.35. The summed E-state index contributed by atoms with van der Waals surface area (Å²) in [6.07, 6.45) is 1.90. The van der Waals surface area contributed by atoms with Gasteiger partial charge in [0.2, 0.25) is 0 Å². The SMILES string of the molecule is NCC(CC(=O)O)c1c[nH]c2cc(Br)ccc12. The van der Waals surface area contributed by atoms with E-state index in [2.05, 4.69) is 20.9 Å². The molecule has 1 aromatic heterocycles. The third-order valence-electron chi connectivity index (χ3n) is 2.82. The van der Waals surface area contributed by atoms with Gasteiger partial charge in [-0.3, -0.25) is 4.79 Å². The van der Waals surface area contributed by atoms with Crippen molar-refractivity contribution in [2.75, 3.05) is 6.54 Å². The number of aliphatic carboxylic acids is 1. The van der Waals surface area contributed by atoms with Gasteiger partial charge in [0.1, 0.15) is 0 Å². The molecule has 1 heterocycles. The van der Waals surface area contributed by atoms with E-state index in [-0.39, 0.29) is 12.3 Å². The first-order valence-electron chi connectivity index (χ1n) is 5.30. The smallest absolute Gasteiger partial charge is 0.304 e. The normalized spacial score (nSPS) is 12.8. The zero-order chi connectivity index (χ0) is 12.4. The molecular formula is C12H13BrN2O2. The molecule has 0 saturated heterocycles. The minimum Gasteiger partial charge on any atom is -0.481 e. The molecule has 1 aromatic carbocycles. The Hall–Kier alpha value is -1.33. The molecule has 0 radical (unpaired) electrons. The largest absolute Gasteiger partial charge is 0.481 e. The number of carboxylic acid groups (broad SMARTS) is 1. The van der Waals surface area contributed by atoms with Gasteiger partial charge in [-0.1, -0.05) is 22.0 Å². The van der Waals surface area contributed by atoms with E-state index < -0.39 is 5.97 Å². The van der Waals surface area contributed by atoms with Gasteiger partial charge in [-0.15, -0.1) is 0 Å². The Morgan fingerprint density at radius 2 is 2.29 bits per heavy atom. The van der Waals surface area contributed by atoms with Crippen LogP contribution in [0.15, 0.2) is 28.9 Å². The Bertz CT molecular complexity index is 550. The molecule has 1 unspecified atom stereocenters. The van der Waals surface area contributed by atoms with Crippen molar-refractivity contribution < 1.29 is 9.90 Å². The van der Waals surface area contributed by atoms with Crippen LogP contribution in [0.5, 0.6) is 0 Å². The quantitative estimate of drug-likeness (QED) is 0.811. The van der Waals surface area contributed by atoms with Crippen LogP contribution in [0.1, 0.15) is 17.9 Å². The Kier molecular flexibility index (Phi) is 3.49. The van der Waals surface area contributed by atoms with E-state index in [9.17, 15) is 4.79 Å². The zero-order valence-corrected chi connectivity index (χ0v) is 10.7. The first-order chi connectivity index (χ1) is 8.11. The number of carboxylic acids is 1. The van der Waals surface area contributed by atoms with Gasteiger partial charge in [0.15, 0.2) is 0 Å². The van der Waals surface area contributed by atoms with Crippen molar-refractivity contribution in [3.8, 4) is 0 Å². The van der Waals surface area contributed by atoms with Crippen LogP contribution in [0.25, 0.3) is 10.9 Å². The molecule has 0 amide bonds. The highest BCUT2D eigenvalue weighted by atomic mass is 79.9. The van der Waals surface area contributed by atoms with E-state index in [4.69, 9.17) is 10.8 Å². The van der Waals surface area contributed by atoms with Crippen LogP contribution in [-0.4, -0.2) is 22.6 Å². The van der Waals surface area contributed by atoms with Crippen molar-refractivity contribution in [2.45, 2.75) is 12.3 Å². The second-order valence-electron chi connectivity index (χ2n) is 3.96. The van der Waals surface area contributed by atoms with Crippen LogP contribution in [-0.2, 0) is 4.79 Å². The summed E-state index contributed by atoms with van der Waals surface area (Å²) in [5.41, 5.74) is 7.60. The molecule has 0 bridgehead atoms. The summed E-state index contributed by atoms with van der Waals surface area (Å²) in [5, 5.41) is 9.89. The van der Waals surface area contributed by atoms with Gasteiger partial charge >= 0.3 is 5.97 Å². The van der Waals surface area contributed by atoms with Crippen molar-refractivity contribution in [2.24, 2.45) is 5.73 Å². The number of carbonyl (C=O) groups is 1. The molecular weight excluding hydrogens is 284 g/mol. The number of aromatic amines is 1. The van der Waals surface area contributed by atoms with E-state index in [1.807, 2.05) is 24.4 Å². The third-order valence-corrected chi connectivity index (χ3v) is 3.31. The van der Waals surface area contributed by atoms with Crippen molar-refractivity contribution in [3.63, 3.8) is 0 Å². The van der Waals surface area contributed by atoms with Crippen LogP contribution in [0.2, 0.25) is 0 Å². The Balaban J connectivity index is 2.43. The summed E-state index contributed by atoms with van der Waals surface area (Å²) in [4.78, 5) is 13.9. The molecule has 0 fully saturated rings. The maximum absolute atomic E-state index is 10.8. The van der Waals surface area contributed by atoms with E-state index in [0.29, 0.717) is 6.54 Å². The molecule has 0 aliphatic carbocycles. The summed E-state index contributed by atoms with van der Waals surface area (Å²) in [6.45, 7) is 0.329. The van der Waals surface area contributed by atoms with Gasteiger partial charge in [-0.25, -0.2) is 0 Å². The number of rotatable bonds is 4. The van der Waals surface area contributed by atoms with Crippen molar-refractivity contribution >= 4 is 32.8 Å². The molecule has 0 aliphatic heterocycles. The highest BCUT2D eigenvalue weighted by molar-refractivity contribution is 9.10. The van der Waals surface area contributed by atoms with Crippen molar-refractivity contribution in [3.05, 3.63) is 34.4 Å². The monoisotopic (exact) mass is 296 g/mol. The lowest BCUT2D eigenvalue weighted by Crippen LogP contribution is -2.15. The molecule has 0 aliphatic rings. The molecule has 2 aromatic rings. The maximum atomic E-state index is 10.8. The number of aromatic nitrogens is 1. The minimum absolute atomic E-state index is 0.0551. The maximum Gasteiger partial charge on any atom is 0.304 e. The van der Waals surface area contributed by atoms with E-state index in [1.54, 1.807) is 0 Å². The number of hydrogen-bond donors (Lipinski definition) is 3. The molecule has 4 nitrogen and oxygen atoms in total. The van der Waals surface area contributed by atoms with Gasteiger partial charge in [-0.05, 0) is 24.2 Å². The standard InChI is InChI=1S/C12H13BrN2O2/c13-8-1-2-9-10(6-15-11(9)4-8)7(5-14)3-12(16)17/h1-2,4,6-7,15H,3,5,14H2,(H,16,17). The van der Waals surface area contributed by atoms with Gasteiger partial charge in [-0.2, -0.15) is 0 Å². The lowest BCUT2D eigenvalue weighted by molar-refractivity contribution is -0.137. The van der Waals surface area contributed by atoms with Gasteiger partial charge in [0.05, 0.1) is 6.42 Å². The Morgan fingerprint density at radius 1 is 1.53 bits per heavy atom. The fourth-order valence-electron chi connectivity index (χ4n) is 1.99. The topological polar surface area (TPSA) is 79.1 Å².